The van der Waals surface area contributed by atoms with Gasteiger partial charge < -0.3 is 15.9 Å². The first-order valence-electron chi connectivity index (χ1n) is 3.86. The van der Waals surface area contributed by atoms with Gasteiger partial charge in [-0.15, -0.1) is 0 Å². The summed E-state index contributed by atoms with van der Waals surface area (Å²) in [5.74, 6) is -0.860. The van der Waals surface area contributed by atoms with Crippen LogP contribution in [0.25, 0.3) is 0 Å². The first-order valence-corrected chi connectivity index (χ1v) is 3.86. The summed E-state index contributed by atoms with van der Waals surface area (Å²) in [6, 6.07) is 5.42. The van der Waals surface area contributed by atoms with Gasteiger partial charge in [-0.3, -0.25) is 4.79 Å². The van der Waals surface area contributed by atoms with Gasteiger partial charge in [0.15, 0.2) is 0 Å². The Labute approximate surface area is 75.6 Å². The van der Waals surface area contributed by atoms with Gasteiger partial charge >= 0.3 is 5.97 Å². The van der Waals surface area contributed by atoms with Crippen LogP contribution in [-0.2, 0) is 11.2 Å². The van der Waals surface area contributed by atoms with E-state index in [2.05, 4.69) is 0 Å². The molecule has 13 heavy (non-hydrogen) atoms. The van der Waals surface area contributed by atoms with Crippen LogP contribution in [0.4, 0.5) is 0 Å². The van der Waals surface area contributed by atoms with Gasteiger partial charge in [-0.2, -0.15) is 0 Å². The fraction of sp³-hybridized carbons (Fsp3) is 0.222. The molecule has 70 valence electrons. The zero-order chi connectivity index (χ0) is 9.84. The summed E-state index contributed by atoms with van der Waals surface area (Å²) in [7, 11) is 0. The van der Waals surface area contributed by atoms with Gasteiger partial charge in [0.2, 0.25) is 0 Å². The van der Waals surface area contributed by atoms with Crippen LogP contribution in [0.15, 0.2) is 24.3 Å². The summed E-state index contributed by atoms with van der Waals surface area (Å²) >= 11 is 0. The summed E-state index contributed by atoms with van der Waals surface area (Å²) in [4.78, 5) is 10.4. The van der Waals surface area contributed by atoms with Crippen LogP contribution >= 0.6 is 0 Å². The van der Waals surface area contributed by atoms with Gasteiger partial charge in [-0.25, -0.2) is 0 Å². The molecule has 0 fully saturated rings. The highest BCUT2D eigenvalue weighted by Gasteiger charge is 2.11. The zero-order valence-electron chi connectivity index (χ0n) is 6.97. The first kappa shape index (κ1) is 9.54. The highest BCUT2D eigenvalue weighted by molar-refractivity contribution is 5.73. The number of aromatic hydroxyl groups is 1. The first-order chi connectivity index (χ1) is 6.09. The highest BCUT2D eigenvalue weighted by Crippen LogP contribution is 2.10. The maximum absolute atomic E-state index is 10.4. The number of rotatable bonds is 3. The molecule has 0 aromatic heterocycles. The van der Waals surface area contributed by atoms with E-state index in [1.807, 2.05) is 0 Å². The number of phenols is 1. The number of carbonyl (C=O) groups is 1. The SMILES string of the molecule is [15NH2][13C@@H]([13CH2][13c]1[13cH][13cH][13c](O)[13cH][13cH]1)[13C](=O)O. The van der Waals surface area contributed by atoms with Gasteiger partial charge in [-0.05, 0) is 24.1 Å². The molecule has 1 aromatic rings. The van der Waals surface area contributed by atoms with Gasteiger partial charge in [0.1, 0.15) is 11.8 Å². The second kappa shape index (κ2) is 3.91. The number of benzene rings is 1. The summed E-state index contributed by atoms with van der Waals surface area (Å²) in [5.41, 5.74) is 6.12. The maximum Gasteiger partial charge on any atom is 0.320 e. The lowest BCUT2D eigenvalue weighted by Crippen LogP contribution is -2.32. The van der Waals surface area contributed by atoms with Crippen molar-refractivity contribution >= 4 is 5.97 Å². The molecule has 0 unspecified atom stereocenters. The lowest BCUT2D eigenvalue weighted by Gasteiger charge is -2.05. The Hall–Kier alpha value is -1.55. The van der Waals surface area contributed by atoms with Crippen LogP contribution in [0.5, 0.6) is 5.75 Å². The lowest BCUT2D eigenvalue weighted by molar-refractivity contribution is -0.138. The van der Waals surface area contributed by atoms with Crippen molar-refractivity contribution in [3.63, 3.8) is 0 Å². The standard InChI is InChI=1S/C9H11NO3/c10-8(9(12)13)5-6-1-3-7(11)4-2-6/h1-4,8,11H,5,10H2,(H,12,13)/t8-/m0/s1/i1+1,2+1,3+1,4+1,5+1,6+1,7+1,8+1,9+1,10+1. The van der Waals surface area contributed by atoms with E-state index in [9.17, 15) is 4.79 Å². The fourth-order valence-corrected chi connectivity index (χ4v) is 0.973. The molecule has 0 saturated carbocycles. The van der Waals surface area contributed by atoms with E-state index in [1.165, 1.54) is 12.1 Å². The van der Waals surface area contributed by atoms with Gasteiger partial charge in [0.25, 0.3) is 0 Å². The molecule has 0 amide bonds. The van der Waals surface area contributed by atoms with Gasteiger partial charge in [0, 0.05) is 0 Å². The van der Waals surface area contributed by atoms with Crippen molar-refractivity contribution in [1.82, 2.24) is 0 Å². The Morgan fingerprint density at radius 2 is 1.92 bits per heavy atom. The van der Waals surface area contributed by atoms with Crippen LogP contribution in [0.2, 0.25) is 0 Å². The monoisotopic (exact) mass is 191 g/mol. The molecule has 1 aromatic carbocycles. The number of phenolic OH excluding ortho intramolecular Hbond substituents is 1. The molecule has 0 aliphatic heterocycles. The van der Waals surface area contributed by atoms with Crippen LogP contribution in [0.1, 0.15) is 5.56 Å². The molecule has 4 heteroatoms. The Morgan fingerprint density at radius 1 is 1.38 bits per heavy atom. The molecule has 1 atom stereocenters. The molecule has 0 bridgehead atoms. The van der Waals surface area contributed by atoms with Crippen LogP contribution in [0.3, 0.4) is 0 Å². The number of aliphatic carboxylic acids is 1. The predicted octanol–water partition coefficient (Wildman–Crippen LogP) is 0.347. The molecular formula is C9H11NO3. The third-order valence-corrected chi connectivity index (χ3v) is 1.71. The van der Waals surface area contributed by atoms with E-state index >= 15 is 0 Å². The van der Waals surface area contributed by atoms with Crippen molar-refractivity contribution in [2.75, 3.05) is 0 Å². The van der Waals surface area contributed by atoms with Crippen LogP contribution in [-0.4, -0.2) is 22.2 Å². The summed E-state index contributed by atoms with van der Waals surface area (Å²) in [5, 5.41) is 17.5. The molecule has 0 aliphatic carbocycles. The van der Waals surface area contributed by atoms with Crippen molar-refractivity contribution in [2.45, 2.75) is 12.5 Å². The predicted molar refractivity (Wildman–Crippen MR) is 47.4 cm³/mol. The van der Waals surface area contributed by atoms with Gasteiger partial charge in [0.05, 0.1) is 0 Å². The second-order valence-electron chi connectivity index (χ2n) is 2.82. The number of nitrogens with two attached hydrogens (primary N) is 1. The largest absolute Gasteiger partial charge is 0.508 e. The van der Waals surface area contributed by atoms with E-state index in [0.717, 1.165) is 5.56 Å². The van der Waals surface area contributed by atoms with Crippen molar-refractivity contribution in [3.05, 3.63) is 29.8 Å². The summed E-state index contributed by atoms with van der Waals surface area (Å²) < 4.78 is 0. The number of hydrogen-bond acceptors (Lipinski definition) is 3. The van der Waals surface area contributed by atoms with E-state index in [1.54, 1.807) is 12.1 Å². The molecule has 0 saturated heterocycles. The quantitative estimate of drug-likeness (QED) is 0.475. The van der Waals surface area contributed by atoms with Crippen molar-refractivity contribution in [2.24, 2.45) is 5.73 Å². The second-order valence-corrected chi connectivity index (χ2v) is 2.82. The van der Waals surface area contributed by atoms with E-state index in [0.29, 0.717) is 0 Å². The van der Waals surface area contributed by atoms with Crippen molar-refractivity contribution in [1.29, 1.82) is 0 Å². The summed E-state index contributed by atoms with van der Waals surface area (Å²) in [6.07, 6.45) is 0.273. The third kappa shape index (κ3) is 2.76. The topological polar surface area (TPSA) is 83.5 Å². The fourth-order valence-electron chi connectivity index (χ4n) is 0.973. The normalized spacial score (nSPS) is 12.4. The Bertz CT molecular complexity index is 294. The van der Waals surface area contributed by atoms with Gasteiger partial charge in [-0.1, -0.05) is 12.1 Å². The Kier molecular flexibility index (Phi) is 2.87. The van der Waals surface area contributed by atoms with E-state index in [-0.39, 0.29) is 12.2 Å². The average Bonchev–Trinajstić information content (AvgIpc) is 2.08. The Balaban J connectivity index is 2.64. The molecule has 0 aliphatic rings. The molecular weight excluding hydrogens is 180 g/mol. The molecule has 0 heterocycles. The average molecular weight is 191 g/mol. The smallest absolute Gasteiger partial charge is 0.320 e. The highest BCUT2D eigenvalue weighted by atomic mass is 16.5. The number of carboxylic acids is 1. The molecule has 1 rings (SSSR count). The number of hydrogen-bond donors (Lipinski definition) is 3. The summed E-state index contributed by atoms with van der Waals surface area (Å²) in [6.45, 7) is 0. The molecule has 0 spiro atoms. The molecule has 4 N–H and O–H groups in total. The minimum Gasteiger partial charge on any atom is -0.508 e. The van der Waals surface area contributed by atoms with Crippen molar-refractivity contribution in [3.8, 4) is 5.75 Å². The maximum atomic E-state index is 10.4. The lowest BCUT2D eigenvalue weighted by atomic mass is 11.1. The van der Waals surface area contributed by atoms with E-state index < -0.39 is 12.0 Å². The zero-order valence-corrected chi connectivity index (χ0v) is 6.97. The molecule has 0 radical (unpaired) electrons. The number of carboxylic acid groups (broad SMARTS) is 1. The minimum atomic E-state index is -1.02. The molecule has 4 nitrogen and oxygen atoms in total. The third-order valence-electron chi connectivity index (χ3n) is 1.71. The van der Waals surface area contributed by atoms with Crippen LogP contribution in [0, 0.1) is 0 Å². The minimum absolute atomic E-state index is 0.160. The van der Waals surface area contributed by atoms with Crippen LogP contribution < -0.4 is 5.73 Å². The Morgan fingerprint density at radius 3 is 2.38 bits per heavy atom. The van der Waals surface area contributed by atoms with E-state index in [4.69, 9.17) is 15.9 Å². The van der Waals surface area contributed by atoms with Crippen molar-refractivity contribution < 1.29 is 15.0 Å².